The lowest BCUT2D eigenvalue weighted by molar-refractivity contribution is -0.118. The molecule has 0 radical (unpaired) electrons. The van der Waals surface area contributed by atoms with Crippen LogP contribution in [0.4, 0.5) is 5.69 Å². The molecule has 0 bridgehead atoms. The van der Waals surface area contributed by atoms with Crippen molar-refractivity contribution >= 4 is 17.4 Å². The van der Waals surface area contributed by atoms with Gasteiger partial charge in [0.15, 0.2) is 5.78 Å². The highest BCUT2D eigenvalue weighted by Crippen LogP contribution is 2.12. The highest BCUT2D eigenvalue weighted by atomic mass is 16.1. The number of Topliss-reactive ketones (excluding diaryl/α,β-unsaturated/α-hetero) is 1. The summed E-state index contributed by atoms with van der Waals surface area (Å²) in [5.41, 5.74) is 6.70. The van der Waals surface area contributed by atoms with Gasteiger partial charge in [0.1, 0.15) is 0 Å². The Labute approximate surface area is 101 Å². The van der Waals surface area contributed by atoms with Crippen molar-refractivity contribution in [1.82, 2.24) is 0 Å². The minimum Gasteiger partial charge on any atom is -0.382 e. The fourth-order valence-corrected chi connectivity index (χ4v) is 1.59. The van der Waals surface area contributed by atoms with Crippen LogP contribution in [0.2, 0.25) is 0 Å². The molecular weight excluding hydrogens is 216 g/mol. The number of benzene rings is 1. The number of hydrogen-bond acceptors (Lipinski definition) is 3. The zero-order valence-electron chi connectivity index (χ0n) is 10.2. The molecule has 0 aliphatic carbocycles. The Hall–Kier alpha value is -1.84. The van der Waals surface area contributed by atoms with Gasteiger partial charge in [0.25, 0.3) is 0 Å². The molecule has 92 valence electrons. The summed E-state index contributed by atoms with van der Waals surface area (Å²) in [6, 6.07) is 7.22. The average molecular weight is 234 g/mol. The molecule has 1 atom stereocenters. The Morgan fingerprint density at radius 1 is 1.29 bits per heavy atom. The smallest absolute Gasteiger partial charge is 0.219 e. The second kappa shape index (κ2) is 6.03. The van der Waals surface area contributed by atoms with Crippen molar-refractivity contribution in [2.75, 3.05) is 5.32 Å². The molecule has 1 amide bonds. The third-order valence-corrected chi connectivity index (χ3v) is 2.45. The highest BCUT2D eigenvalue weighted by Gasteiger charge is 2.06. The molecule has 1 unspecified atom stereocenters. The van der Waals surface area contributed by atoms with Crippen molar-refractivity contribution < 1.29 is 9.59 Å². The van der Waals surface area contributed by atoms with Gasteiger partial charge in [0.05, 0.1) is 0 Å². The van der Waals surface area contributed by atoms with Gasteiger partial charge < -0.3 is 11.1 Å². The van der Waals surface area contributed by atoms with Gasteiger partial charge >= 0.3 is 0 Å². The molecule has 4 nitrogen and oxygen atoms in total. The van der Waals surface area contributed by atoms with Gasteiger partial charge in [-0.1, -0.05) is 6.92 Å². The summed E-state index contributed by atoms with van der Waals surface area (Å²) in [6.07, 6.45) is 0.792. The quantitative estimate of drug-likeness (QED) is 0.739. The Morgan fingerprint density at radius 3 is 2.35 bits per heavy atom. The SMILES string of the molecule is CCC(=O)c1ccc(NC(C)CC(N)=O)cc1. The third-order valence-electron chi connectivity index (χ3n) is 2.45. The molecule has 0 saturated carbocycles. The Balaban J connectivity index is 2.62. The van der Waals surface area contributed by atoms with Crippen LogP contribution in [0.15, 0.2) is 24.3 Å². The van der Waals surface area contributed by atoms with E-state index < -0.39 is 0 Å². The third kappa shape index (κ3) is 4.26. The zero-order valence-corrected chi connectivity index (χ0v) is 10.2. The molecule has 1 aromatic carbocycles. The molecule has 1 rings (SSSR count). The number of ketones is 1. The second-order valence-electron chi connectivity index (χ2n) is 4.07. The molecule has 4 heteroatoms. The summed E-state index contributed by atoms with van der Waals surface area (Å²) >= 11 is 0. The lowest BCUT2D eigenvalue weighted by Crippen LogP contribution is -2.23. The average Bonchev–Trinajstić information content (AvgIpc) is 2.28. The molecule has 1 aromatic rings. The highest BCUT2D eigenvalue weighted by molar-refractivity contribution is 5.96. The number of amides is 1. The predicted octanol–water partition coefficient (Wildman–Crippen LogP) is 1.96. The molecule has 3 N–H and O–H groups in total. The molecule has 0 aliphatic heterocycles. The lowest BCUT2D eigenvalue weighted by Gasteiger charge is -2.13. The van der Waals surface area contributed by atoms with Crippen LogP contribution >= 0.6 is 0 Å². The number of nitrogens with one attached hydrogen (secondary N) is 1. The van der Waals surface area contributed by atoms with Crippen LogP contribution in [0.3, 0.4) is 0 Å². The van der Waals surface area contributed by atoms with Gasteiger partial charge in [-0.2, -0.15) is 0 Å². The summed E-state index contributed by atoms with van der Waals surface area (Å²) in [5, 5.41) is 3.15. The minimum absolute atomic E-state index is 0.0137. The van der Waals surface area contributed by atoms with E-state index in [1.807, 2.05) is 26.0 Å². The fraction of sp³-hybridized carbons (Fsp3) is 0.385. The molecule has 0 fully saturated rings. The van der Waals surface area contributed by atoms with Crippen molar-refractivity contribution in [3.8, 4) is 0 Å². The summed E-state index contributed by atoms with van der Waals surface area (Å²) in [6.45, 7) is 3.72. The predicted molar refractivity (Wildman–Crippen MR) is 68.0 cm³/mol. The van der Waals surface area contributed by atoms with Gasteiger partial charge in [0, 0.05) is 30.1 Å². The van der Waals surface area contributed by atoms with Crippen LogP contribution in [0.1, 0.15) is 37.0 Å². The molecule has 17 heavy (non-hydrogen) atoms. The summed E-state index contributed by atoms with van der Waals surface area (Å²) < 4.78 is 0. The van der Waals surface area contributed by atoms with Gasteiger partial charge in [-0.25, -0.2) is 0 Å². The maximum absolute atomic E-state index is 11.4. The summed E-state index contributed by atoms with van der Waals surface area (Å²) in [4.78, 5) is 22.1. The van der Waals surface area contributed by atoms with E-state index in [0.29, 0.717) is 12.0 Å². The van der Waals surface area contributed by atoms with Gasteiger partial charge in [-0.15, -0.1) is 0 Å². The minimum atomic E-state index is -0.331. The van der Waals surface area contributed by atoms with E-state index in [1.54, 1.807) is 12.1 Å². The van der Waals surface area contributed by atoms with E-state index in [2.05, 4.69) is 5.32 Å². The fourth-order valence-electron chi connectivity index (χ4n) is 1.59. The normalized spacial score (nSPS) is 11.9. The Kier molecular flexibility index (Phi) is 4.69. The van der Waals surface area contributed by atoms with Crippen LogP contribution in [0.25, 0.3) is 0 Å². The van der Waals surface area contributed by atoms with Crippen LogP contribution < -0.4 is 11.1 Å². The Morgan fingerprint density at radius 2 is 1.88 bits per heavy atom. The second-order valence-corrected chi connectivity index (χ2v) is 4.07. The summed E-state index contributed by atoms with van der Waals surface area (Å²) in [5.74, 6) is -0.204. The van der Waals surface area contributed by atoms with E-state index in [9.17, 15) is 9.59 Å². The first-order valence-corrected chi connectivity index (χ1v) is 5.71. The van der Waals surface area contributed by atoms with Gasteiger partial charge in [-0.3, -0.25) is 9.59 Å². The molecular formula is C13H18N2O2. The van der Waals surface area contributed by atoms with Crippen LogP contribution in [0, 0.1) is 0 Å². The topological polar surface area (TPSA) is 72.2 Å². The number of rotatable bonds is 6. The van der Waals surface area contributed by atoms with E-state index in [1.165, 1.54) is 0 Å². The monoisotopic (exact) mass is 234 g/mol. The zero-order chi connectivity index (χ0) is 12.8. The molecule has 0 heterocycles. The van der Waals surface area contributed by atoms with Crippen LogP contribution in [0.5, 0.6) is 0 Å². The first kappa shape index (κ1) is 13.2. The maximum atomic E-state index is 11.4. The summed E-state index contributed by atoms with van der Waals surface area (Å²) in [7, 11) is 0. The number of nitrogens with two attached hydrogens (primary N) is 1. The maximum Gasteiger partial charge on any atom is 0.219 e. The van der Waals surface area contributed by atoms with E-state index >= 15 is 0 Å². The van der Waals surface area contributed by atoms with E-state index in [4.69, 9.17) is 5.73 Å². The van der Waals surface area contributed by atoms with Crippen molar-refractivity contribution in [2.45, 2.75) is 32.7 Å². The Bertz CT molecular complexity index is 398. The largest absolute Gasteiger partial charge is 0.382 e. The first-order valence-electron chi connectivity index (χ1n) is 5.71. The first-order chi connectivity index (χ1) is 8.02. The number of carbonyl (C=O) groups is 2. The van der Waals surface area contributed by atoms with Crippen molar-refractivity contribution in [1.29, 1.82) is 0 Å². The van der Waals surface area contributed by atoms with Crippen LogP contribution in [-0.4, -0.2) is 17.7 Å². The van der Waals surface area contributed by atoms with Crippen molar-refractivity contribution in [2.24, 2.45) is 5.73 Å². The number of primary amides is 1. The number of hydrogen-bond donors (Lipinski definition) is 2. The standard InChI is InChI=1S/C13H18N2O2/c1-3-12(16)10-4-6-11(7-5-10)15-9(2)8-13(14)17/h4-7,9,15H,3,8H2,1-2H3,(H2,14,17). The molecule has 0 spiro atoms. The lowest BCUT2D eigenvalue weighted by atomic mass is 10.1. The number of carbonyl (C=O) groups excluding carboxylic acids is 2. The van der Waals surface area contributed by atoms with Gasteiger partial charge in [0.2, 0.25) is 5.91 Å². The van der Waals surface area contributed by atoms with Crippen LogP contribution in [-0.2, 0) is 4.79 Å². The number of anilines is 1. The van der Waals surface area contributed by atoms with Crippen molar-refractivity contribution in [3.05, 3.63) is 29.8 Å². The van der Waals surface area contributed by atoms with Crippen molar-refractivity contribution in [3.63, 3.8) is 0 Å². The van der Waals surface area contributed by atoms with E-state index in [-0.39, 0.29) is 24.2 Å². The molecule has 0 aliphatic rings. The molecule has 0 saturated heterocycles. The van der Waals surface area contributed by atoms with Gasteiger partial charge in [-0.05, 0) is 31.2 Å². The van der Waals surface area contributed by atoms with E-state index in [0.717, 1.165) is 5.69 Å². The molecule has 0 aromatic heterocycles.